The molecular formula is C18H39N3O9S3Si3. The van der Waals surface area contributed by atoms with Gasteiger partial charge in [-0.05, 0) is 55.0 Å². The molecule has 0 aliphatic carbocycles. The largest absolute Gasteiger partial charge is 0.465 e. The molecule has 1 aliphatic heterocycles. The van der Waals surface area contributed by atoms with E-state index in [0.717, 1.165) is 35.4 Å². The highest BCUT2D eigenvalue weighted by Crippen LogP contribution is 2.38. The average Bonchev–Trinajstić information content (AvgIpc) is 2.74. The lowest BCUT2D eigenvalue weighted by Crippen LogP contribution is -2.67. The Morgan fingerprint density at radius 1 is 0.556 bits per heavy atom. The van der Waals surface area contributed by atoms with Crippen LogP contribution in [0, 0.1) is 0 Å². The zero-order valence-corrected chi connectivity index (χ0v) is 26.5. The molecule has 6 N–H and O–H groups in total. The van der Waals surface area contributed by atoms with Crippen molar-refractivity contribution in [3.63, 3.8) is 0 Å². The van der Waals surface area contributed by atoms with Gasteiger partial charge in [-0.3, -0.25) is 0 Å². The van der Waals surface area contributed by atoms with Gasteiger partial charge < -0.3 is 43.6 Å². The summed E-state index contributed by atoms with van der Waals surface area (Å²) in [5, 5.41) is 33.2. The molecule has 0 aromatic rings. The highest BCUT2D eigenvalue weighted by atomic mass is 32.2. The Labute approximate surface area is 228 Å². The summed E-state index contributed by atoms with van der Waals surface area (Å²) in [6.07, 6.45) is -3.07. The van der Waals surface area contributed by atoms with Gasteiger partial charge in [0.25, 0.3) is 0 Å². The Balaban J connectivity index is 2.66. The average molecular weight is 622 g/mol. The number of carbonyl (C=O) groups is 3. The molecule has 1 saturated heterocycles. The summed E-state index contributed by atoms with van der Waals surface area (Å²) in [4.78, 5) is 31.8. The van der Waals surface area contributed by atoms with Gasteiger partial charge in [-0.15, -0.1) is 0 Å². The summed E-state index contributed by atoms with van der Waals surface area (Å²) >= 11 is 5.00. The Morgan fingerprint density at radius 3 is 1.03 bits per heavy atom. The monoisotopic (exact) mass is 621 g/mol. The molecule has 18 heteroatoms. The summed E-state index contributed by atoms with van der Waals surface area (Å²) in [6, 6.07) is 2.35. The Morgan fingerprint density at radius 2 is 0.806 bits per heavy atom. The number of carboxylic acid groups (broad SMARTS) is 3. The number of amides is 3. The number of hydrogen-bond acceptors (Lipinski definition) is 9. The van der Waals surface area contributed by atoms with Crippen LogP contribution in [0.2, 0.25) is 37.8 Å². The van der Waals surface area contributed by atoms with Crippen LogP contribution in [0.4, 0.5) is 14.4 Å². The summed E-state index contributed by atoms with van der Waals surface area (Å²) in [5.41, 5.74) is 0. The quantitative estimate of drug-likeness (QED) is 0.0974. The first-order chi connectivity index (χ1) is 16.9. The molecule has 1 fully saturated rings. The van der Waals surface area contributed by atoms with Crippen molar-refractivity contribution < 1.29 is 42.0 Å². The van der Waals surface area contributed by atoms with E-state index < -0.39 is 44.0 Å². The van der Waals surface area contributed by atoms with E-state index in [0.29, 0.717) is 36.9 Å². The highest BCUT2D eigenvalue weighted by molar-refractivity contribution is 7.99. The molecule has 0 radical (unpaired) electrons. The lowest BCUT2D eigenvalue weighted by atomic mass is 10.7. The molecule has 0 unspecified atom stereocenters. The third kappa shape index (κ3) is 15.6. The Hall–Kier alpha value is -0.609. The van der Waals surface area contributed by atoms with Gasteiger partial charge in [-0.1, -0.05) is 0 Å². The van der Waals surface area contributed by atoms with Crippen LogP contribution in [0.15, 0.2) is 0 Å². The van der Waals surface area contributed by atoms with Crippen LogP contribution in [0.3, 0.4) is 0 Å². The van der Waals surface area contributed by atoms with Gasteiger partial charge in [-0.2, -0.15) is 35.3 Å². The first-order valence-electron chi connectivity index (χ1n) is 11.6. The van der Waals surface area contributed by atoms with E-state index in [1.165, 1.54) is 0 Å². The van der Waals surface area contributed by atoms with Crippen LogP contribution in [0.1, 0.15) is 0 Å². The number of nitrogens with one attached hydrogen (secondary N) is 3. The van der Waals surface area contributed by atoms with Crippen molar-refractivity contribution in [2.75, 3.05) is 54.2 Å². The number of thioether (sulfide) groups is 3. The molecule has 0 atom stereocenters. The lowest BCUT2D eigenvalue weighted by molar-refractivity contribution is 0.194. The molecule has 0 aromatic heterocycles. The van der Waals surface area contributed by atoms with Crippen LogP contribution in [0.25, 0.3) is 0 Å². The van der Waals surface area contributed by atoms with Crippen molar-refractivity contribution >= 4 is 79.2 Å². The molecule has 12 nitrogen and oxygen atoms in total. The molecule has 3 amide bonds. The third-order valence-electron chi connectivity index (χ3n) is 4.96. The molecule has 0 aromatic carbocycles. The van der Waals surface area contributed by atoms with Gasteiger partial charge in [0, 0.05) is 36.9 Å². The molecule has 1 rings (SSSR count). The minimum absolute atomic E-state index is 0.393. The first kappa shape index (κ1) is 33.4. The van der Waals surface area contributed by atoms with Crippen molar-refractivity contribution in [1.82, 2.24) is 16.0 Å². The summed E-state index contributed by atoms with van der Waals surface area (Å²) in [5.74, 6) is 4.47. The summed E-state index contributed by atoms with van der Waals surface area (Å²) in [7, 11) is -7.58. The topological polar surface area (TPSA) is 176 Å². The molecular weight excluding hydrogens is 583 g/mol. The van der Waals surface area contributed by atoms with Gasteiger partial charge in [0.1, 0.15) is 0 Å². The molecule has 0 bridgehead atoms. The van der Waals surface area contributed by atoms with Gasteiger partial charge in [0.15, 0.2) is 0 Å². The summed E-state index contributed by atoms with van der Waals surface area (Å²) < 4.78 is 20.0. The standard InChI is InChI=1S/C18H39N3O9S3Si3/c1-34(13-10-31-7-4-19-16(22)23)28-35(2,14-11-32-8-5-20-17(24)25)30-36(3,29-34)15-12-33-9-6-21-18(26)27/h19-21H,4-15H2,1-3H3,(H,22,23)(H,24,25)(H,26,27). The summed E-state index contributed by atoms with van der Waals surface area (Å²) in [6.45, 7) is 7.46. The maximum absolute atomic E-state index is 10.6. The molecule has 1 heterocycles. The lowest BCUT2D eigenvalue weighted by Gasteiger charge is -2.50. The van der Waals surface area contributed by atoms with Gasteiger partial charge in [0.05, 0.1) is 0 Å². The normalized spacial score (nSPS) is 25.8. The second kappa shape index (κ2) is 17.1. The van der Waals surface area contributed by atoms with Crippen molar-refractivity contribution in [2.24, 2.45) is 0 Å². The Bertz CT molecular complexity index is 619. The maximum Gasteiger partial charge on any atom is 0.404 e. The van der Waals surface area contributed by atoms with Gasteiger partial charge in [-0.25, -0.2) is 14.4 Å². The zero-order valence-electron chi connectivity index (χ0n) is 21.0. The smallest absolute Gasteiger partial charge is 0.404 e. The van der Waals surface area contributed by atoms with Crippen molar-refractivity contribution in [3.05, 3.63) is 0 Å². The van der Waals surface area contributed by atoms with E-state index in [4.69, 9.17) is 27.7 Å². The molecule has 0 saturated carbocycles. The molecule has 1 aliphatic rings. The number of hydrogen-bond donors (Lipinski definition) is 6. The van der Waals surface area contributed by atoms with Crippen LogP contribution >= 0.6 is 35.3 Å². The van der Waals surface area contributed by atoms with Crippen LogP contribution in [-0.4, -0.2) is 113 Å². The van der Waals surface area contributed by atoms with Crippen molar-refractivity contribution in [2.45, 2.75) is 37.8 Å². The van der Waals surface area contributed by atoms with Crippen molar-refractivity contribution in [1.29, 1.82) is 0 Å². The minimum atomic E-state index is -2.53. The minimum Gasteiger partial charge on any atom is -0.465 e. The zero-order chi connectivity index (χ0) is 27.1. The van der Waals surface area contributed by atoms with E-state index in [9.17, 15) is 14.4 Å². The van der Waals surface area contributed by atoms with Gasteiger partial charge >= 0.3 is 44.0 Å². The second-order valence-electron chi connectivity index (χ2n) is 8.49. The van der Waals surface area contributed by atoms with E-state index >= 15 is 0 Å². The molecule has 210 valence electrons. The molecule has 0 spiro atoms. The molecule has 36 heavy (non-hydrogen) atoms. The fraction of sp³-hybridized carbons (Fsp3) is 0.833. The van der Waals surface area contributed by atoms with Crippen LogP contribution < -0.4 is 16.0 Å². The predicted molar refractivity (Wildman–Crippen MR) is 153 cm³/mol. The van der Waals surface area contributed by atoms with E-state index in [1.54, 1.807) is 35.3 Å². The van der Waals surface area contributed by atoms with Crippen LogP contribution in [-0.2, 0) is 12.3 Å². The highest BCUT2D eigenvalue weighted by Gasteiger charge is 2.55. The second-order valence-corrected chi connectivity index (χ2v) is 22.9. The van der Waals surface area contributed by atoms with Gasteiger partial charge in [0.2, 0.25) is 0 Å². The van der Waals surface area contributed by atoms with E-state index in [1.807, 2.05) is 0 Å². The third-order valence-corrected chi connectivity index (χ3v) is 22.8. The fourth-order valence-electron chi connectivity index (χ4n) is 3.51. The maximum atomic E-state index is 10.6. The Kier molecular flexibility index (Phi) is 15.8. The number of rotatable bonds is 18. The fourth-order valence-corrected chi connectivity index (χ4v) is 26.1. The van der Waals surface area contributed by atoms with E-state index in [-0.39, 0.29) is 0 Å². The van der Waals surface area contributed by atoms with E-state index in [2.05, 4.69) is 35.6 Å². The SMILES string of the molecule is C[Si]1(CCSCCNC(=O)O)O[Si](C)(CCSCCNC(=O)O)O[Si](C)(CCSCCNC(=O)O)O1. The predicted octanol–water partition coefficient (Wildman–Crippen LogP) is 3.27. The van der Waals surface area contributed by atoms with Crippen LogP contribution in [0.5, 0.6) is 0 Å². The first-order valence-corrected chi connectivity index (χ1v) is 22.6. The van der Waals surface area contributed by atoms with Crippen molar-refractivity contribution in [3.8, 4) is 0 Å².